The number of hydrogen-bond donors (Lipinski definition) is 0. The molecule has 4 rings (SSSR count). The second-order valence-electron chi connectivity index (χ2n) is 7.07. The third-order valence-corrected chi connectivity index (χ3v) is 6.76. The Labute approximate surface area is 171 Å². The molecule has 1 aliphatic rings. The standard InChI is InChI=1S/C22H22N4O2S/c23-16-21-20(18-25-10-5-4-8-22(21)25)17-24-11-13-26(14-12-24)29(27,28)15-9-19-6-2-1-3-7-19/h1-10,15,18H,11-14,17H2/b15-9+. The minimum absolute atomic E-state index is 0.441. The number of nitriles is 1. The minimum atomic E-state index is -3.44. The van der Waals surface area contributed by atoms with Gasteiger partial charge in [-0.1, -0.05) is 36.4 Å². The van der Waals surface area contributed by atoms with Crippen molar-refractivity contribution in [1.29, 1.82) is 5.26 Å². The first-order chi connectivity index (χ1) is 14.1. The van der Waals surface area contributed by atoms with E-state index in [1.165, 1.54) is 9.71 Å². The van der Waals surface area contributed by atoms with Crippen LogP contribution < -0.4 is 0 Å². The van der Waals surface area contributed by atoms with Crippen molar-refractivity contribution >= 4 is 21.6 Å². The summed E-state index contributed by atoms with van der Waals surface area (Å²) < 4.78 is 28.7. The molecular weight excluding hydrogens is 384 g/mol. The van der Waals surface area contributed by atoms with Crippen molar-refractivity contribution in [2.75, 3.05) is 26.2 Å². The van der Waals surface area contributed by atoms with E-state index in [4.69, 9.17) is 0 Å². The topological polar surface area (TPSA) is 68.8 Å². The summed E-state index contributed by atoms with van der Waals surface area (Å²) in [6.07, 6.45) is 5.55. The molecule has 148 valence electrons. The Bertz CT molecular complexity index is 1170. The normalized spacial score (nSPS) is 16.4. The fourth-order valence-electron chi connectivity index (χ4n) is 3.62. The lowest BCUT2D eigenvalue weighted by atomic mass is 10.1. The van der Waals surface area contributed by atoms with Crippen molar-refractivity contribution < 1.29 is 8.42 Å². The second kappa shape index (κ2) is 8.21. The Morgan fingerprint density at radius 1 is 1.00 bits per heavy atom. The smallest absolute Gasteiger partial charge is 0.236 e. The van der Waals surface area contributed by atoms with Gasteiger partial charge in [-0.2, -0.15) is 9.57 Å². The lowest BCUT2D eigenvalue weighted by Gasteiger charge is -2.33. The number of hydrogen-bond acceptors (Lipinski definition) is 4. The van der Waals surface area contributed by atoms with Crippen LogP contribution in [0.5, 0.6) is 0 Å². The molecule has 0 radical (unpaired) electrons. The SMILES string of the molecule is N#Cc1c(CN2CCN(S(=O)(=O)/C=C/c3ccccc3)CC2)cn2ccccc12. The number of sulfonamides is 1. The van der Waals surface area contributed by atoms with Gasteiger partial charge in [-0.05, 0) is 23.8 Å². The Kier molecular flexibility index (Phi) is 5.49. The van der Waals surface area contributed by atoms with Gasteiger partial charge in [0.1, 0.15) is 6.07 Å². The maximum atomic E-state index is 12.6. The summed E-state index contributed by atoms with van der Waals surface area (Å²) in [6, 6.07) is 17.5. The zero-order valence-corrected chi connectivity index (χ0v) is 16.8. The van der Waals surface area contributed by atoms with Crippen molar-refractivity contribution in [3.05, 3.63) is 83.0 Å². The van der Waals surface area contributed by atoms with Crippen molar-refractivity contribution in [1.82, 2.24) is 13.6 Å². The first-order valence-electron chi connectivity index (χ1n) is 9.51. The Hall–Kier alpha value is -2.92. The molecule has 0 atom stereocenters. The molecule has 0 unspecified atom stereocenters. The van der Waals surface area contributed by atoms with E-state index in [1.807, 2.05) is 65.3 Å². The Balaban J connectivity index is 1.41. The summed E-state index contributed by atoms with van der Waals surface area (Å²) in [6.45, 7) is 2.79. The molecule has 29 heavy (non-hydrogen) atoms. The van der Waals surface area contributed by atoms with Crippen molar-refractivity contribution in [2.45, 2.75) is 6.54 Å². The molecule has 2 aromatic heterocycles. The molecule has 7 heteroatoms. The average molecular weight is 407 g/mol. The van der Waals surface area contributed by atoms with Gasteiger partial charge in [0.05, 0.1) is 11.1 Å². The summed E-state index contributed by atoms with van der Waals surface area (Å²) in [5.41, 5.74) is 3.42. The third-order valence-electron chi connectivity index (χ3n) is 5.19. The van der Waals surface area contributed by atoms with Gasteiger partial charge in [-0.3, -0.25) is 4.90 Å². The summed E-state index contributed by atoms with van der Waals surface area (Å²) >= 11 is 0. The number of nitrogens with zero attached hydrogens (tertiary/aromatic N) is 4. The minimum Gasteiger partial charge on any atom is -0.322 e. The number of fused-ring (bicyclic) bond motifs is 1. The average Bonchev–Trinajstić information content (AvgIpc) is 3.10. The van der Waals surface area contributed by atoms with E-state index >= 15 is 0 Å². The Morgan fingerprint density at radius 3 is 2.45 bits per heavy atom. The summed E-state index contributed by atoms with van der Waals surface area (Å²) in [5, 5.41) is 10.8. The fraction of sp³-hybridized carbons (Fsp3) is 0.227. The highest BCUT2D eigenvalue weighted by molar-refractivity contribution is 7.92. The van der Waals surface area contributed by atoms with Gasteiger partial charge in [0.25, 0.3) is 0 Å². The van der Waals surface area contributed by atoms with E-state index < -0.39 is 10.0 Å². The molecule has 1 saturated heterocycles. The quantitative estimate of drug-likeness (QED) is 0.653. The van der Waals surface area contributed by atoms with Crippen molar-refractivity contribution in [3.8, 4) is 6.07 Å². The zero-order valence-electron chi connectivity index (χ0n) is 16.0. The van der Waals surface area contributed by atoms with E-state index in [2.05, 4.69) is 11.0 Å². The van der Waals surface area contributed by atoms with Crippen LogP contribution in [0, 0.1) is 11.3 Å². The molecule has 0 amide bonds. The molecule has 3 aromatic rings. The largest absolute Gasteiger partial charge is 0.322 e. The van der Waals surface area contributed by atoms with E-state index in [0.717, 1.165) is 16.6 Å². The van der Waals surface area contributed by atoms with Crippen LogP contribution in [0.4, 0.5) is 0 Å². The van der Waals surface area contributed by atoms with Crippen LogP contribution in [0.15, 0.2) is 66.3 Å². The van der Waals surface area contributed by atoms with Crippen LogP contribution in [-0.4, -0.2) is 48.2 Å². The summed E-state index contributed by atoms with van der Waals surface area (Å²) in [7, 11) is -3.44. The molecular formula is C22H22N4O2S. The second-order valence-corrected chi connectivity index (χ2v) is 8.89. The maximum Gasteiger partial charge on any atom is 0.236 e. The van der Waals surface area contributed by atoms with E-state index in [-0.39, 0.29) is 0 Å². The van der Waals surface area contributed by atoms with Gasteiger partial charge in [0, 0.05) is 56.1 Å². The number of piperazine rings is 1. The van der Waals surface area contributed by atoms with Gasteiger partial charge >= 0.3 is 0 Å². The fourth-order valence-corrected chi connectivity index (χ4v) is 4.80. The van der Waals surface area contributed by atoms with E-state index in [9.17, 15) is 13.7 Å². The Morgan fingerprint density at radius 2 is 1.72 bits per heavy atom. The molecule has 0 spiro atoms. The summed E-state index contributed by atoms with van der Waals surface area (Å²) in [5.74, 6) is 0. The van der Waals surface area contributed by atoms with Crippen LogP contribution in [-0.2, 0) is 16.6 Å². The number of aromatic nitrogens is 1. The molecule has 1 aromatic carbocycles. The highest BCUT2D eigenvalue weighted by Gasteiger charge is 2.25. The molecule has 1 fully saturated rings. The van der Waals surface area contributed by atoms with Gasteiger partial charge in [-0.15, -0.1) is 0 Å². The van der Waals surface area contributed by atoms with E-state index in [0.29, 0.717) is 38.3 Å². The predicted octanol–water partition coefficient (Wildman–Crippen LogP) is 2.93. The summed E-state index contributed by atoms with van der Waals surface area (Å²) in [4.78, 5) is 2.20. The molecule has 3 heterocycles. The highest BCUT2D eigenvalue weighted by Crippen LogP contribution is 2.20. The number of pyridine rings is 1. The molecule has 0 N–H and O–H groups in total. The number of rotatable bonds is 5. The number of benzene rings is 1. The molecule has 0 aliphatic carbocycles. The maximum absolute atomic E-state index is 12.6. The van der Waals surface area contributed by atoms with Crippen LogP contribution in [0.1, 0.15) is 16.7 Å². The molecule has 0 saturated carbocycles. The highest BCUT2D eigenvalue weighted by atomic mass is 32.2. The van der Waals surface area contributed by atoms with Gasteiger partial charge in [-0.25, -0.2) is 8.42 Å². The van der Waals surface area contributed by atoms with Gasteiger partial charge in [0.2, 0.25) is 10.0 Å². The lowest BCUT2D eigenvalue weighted by Crippen LogP contribution is -2.47. The molecule has 6 nitrogen and oxygen atoms in total. The lowest BCUT2D eigenvalue weighted by molar-refractivity contribution is 0.182. The third kappa shape index (κ3) is 4.25. The molecule has 0 bridgehead atoms. The van der Waals surface area contributed by atoms with Crippen LogP contribution in [0.25, 0.3) is 11.6 Å². The van der Waals surface area contributed by atoms with Crippen molar-refractivity contribution in [2.24, 2.45) is 0 Å². The molecule has 1 aliphatic heterocycles. The van der Waals surface area contributed by atoms with Crippen LogP contribution in [0.2, 0.25) is 0 Å². The first kappa shape index (κ1) is 19.4. The van der Waals surface area contributed by atoms with Crippen LogP contribution >= 0.6 is 0 Å². The zero-order chi connectivity index (χ0) is 20.3. The predicted molar refractivity (Wildman–Crippen MR) is 113 cm³/mol. The van der Waals surface area contributed by atoms with Gasteiger partial charge < -0.3 is 4.40 Å². The van der Waals surface area contributed by atoms with Crippen LogP contribution in [0.3, 0.4) is 0 Å². The van der Waals surface area contributed by atoms with Crippen molar-refractivity contribution in [3.63, 3.8) is 0 Å². The first-order valence-corrected chi connectivity index (χ1v) is 11.0. The monoisotopic (exact) mass is 406 g/mol. The van der Waals surface area contributed by atoms with E-state index in [1.54, 1.807) is 6.08 Å². The van der Waals surface area contributed by atoms with Gasteiger partial charge in [0.15, 0.2) is 0 Å².